The number of carbonyl (C=O) groups is 1. The Hall–Kier alpha value is -3.04. The number of amides is 1. The van der Waals surface area contributed by atoms with Crippen molar-refractivity contribution in [1.82, 2.24) is 9.97 Å². The minimum absolute atomic E-state index is 0.0717. The number of para-hydroxylation sites is 1. The lowest BCUT2D eigenvalue weighted by atomic mass is 10.1. The molecule has 2 aromatic heterocycles. The van der Waals surface area contributed by atoms with E-state index in [9.17, 15) is 18.0 Å². The van der Waals surface area contributed by atoms with E-state index in [0.717, 1.165) is 29.3 Å². The predicted molar refractivity (Wildman–Crippen MR) is 113 cm³/mol. The number of alkyl halides is 3. The van der Waals surface area contributed by atoms with Crippen molar-refractivity contribution in [3.8, 4) is 11.6 Å². The van der Waals surface area contributed by atoms with Crippen LogP contribution in [0.15, 0.2) is 70.3 Å². The Morgan fingerprint density at radius 2 is 1.90 bits per heavy atom. The molecule has 10 heteroatoms. The van der Waals surface area contributed by atoms with Crippen LogP contribution in [0.4, 0.5) is 18.9 Å². The van der Waals surface area contributed by atoms with Gasteiger partial charge in [-0.05, 0) is 36.4 Å². The molecule has 0 saturated carbocycles. The normalized spacial score (nSPS) is 11.6. The average Bonchev–Trinajstić information content (AvgIpc) is 3.27. The second kappa shape index (κ2) is 8.60. The first kappa shape index (κ1) is 21.2. The molecule has 0 atom stereocenters. The molecule has 0 aliphatic carbocycles. The molecule has 158 valence electrons. The molecule has 2 heterocycles. The molecule has 4 aromatic rings. The summed E-state index contributed by atoms with van der Waals surface area (Å²) in [7, 11) is 0. The third-order valence-corrected chi connectivity index (χ3v) is 5.44. The largest absolute Gasteiger partial charge is 0.461 e. The Morgan fingerprint density at radius 3 is 2.65 bits per heavy atom. The second-order valence-corrected chi connectivity index (χ2v) is 7.77. The number of nitrogens with zero attached hydrogens (tertiary/aromatic N) is 2. The van der Waals surface area contributed by atoms with Crippen molar-refractivity contribution in [3.05, 3.63) is 71.4 Å². The minimum Gasteiger partial charge on any atom is -0.461 e. The lowest BCUT2D eigenvalue weighted by molar-refractivity contribution is -0.137. The Morgan fingerprint density at radius 1 is 1.10 bits per heavy atom. The Bertz CT molecular complexity index is 1250. The summed E-state index contributed by atoms with van der Waals surface area (Å²) < 4.78 is 45.1. The van der Waals surface area contributed by atoms with E-state index in [1.165, 1.54) is 12.3 Å². The summed E-state index contributed by atoms with van der Waals surface area (Å²) in [6.07, 6.45) is -3.15. The lowest BCUT2D eigenvalue weighted by Crippen LogP contribution is -2.18. The highest BCUT2D eigenvalue weighted by atomic mass is 35.5. The number of hydrogen-bond acceptors (Lipinski definition) is 5. The molecule has 4 rings (SSSR count). The number of benzene rings is 2. The molecule has 2 aromatic carbocycles. The molecule has 31 heavy (non-hydrogen) atoms. The predicted octanol–water partition coefficient (Wildman–Crippen LogP) is 6.29. The lowest BCUT2D eigenvalue weighted by Gasteiger charge is -2.14. The van der Waals surface area contributed by atoms with Gasteiger partial charge in [-0.1, -0.05) is 41.6 Å². The highest BCUT2D eigenvalue weighted by molar-refractivity contribution is 8.00. The highest BCUT2D eigenvalue weighted by Crippen LogP contribution is 2.36. The molecule has 0 aliphatic rings. The molecule has 0 saturated heterocycles. The summed E-state index contributed by atoms with van der Waals surface area (Å²) in [5.74, 6) is 0.0511. The molecule has 0 aliphatic heterocycles. The summed E-state index contributed by atoms with van der Waals surface area (Å²) >= 11 is 6.77. The van der Waals surface area contributed by atoms with Crippen molar-refractivity contribution in [2.24, 2.45) is 0 Å². The van der Waals surface area contributed by atoms with Gasteiger partial charge < -0.3 is 9.73 Å². The van der Waals surface area contributed by atoms with Crippen LogP contribution < -0.4 is 5.32 Å². The maximum absolute atomic E-state index is 13.2. The zero-order valence-corrected chi connectivity index (χ0v) is 17.2. The summed E-state index contributed by atoms with van der Waals surface area (Å²) in [4.78, 5) is 21.3. The van der Waals surface area contributed by atoms with Crippen molar-refractivity contribution >= 4 is 45.9 Å². The number of anilines is 1. The fraction of sp³-hybridized carbons (Fsp3) is 0.0952. The van der Waals surface area contributed by atoms with Gasteiger partial charge >= 0.3 is 6.18 Å². The van der Waals surface area contributed by atoms with Crippen LogP contribution >= 0.6 is 23.4 Å². The monoisotopic (exact) mass is 463 g/mol. The maximum atomic E-state index is 13.2. The molecular weight excluding hydrogens is 451 g/mol. The third kappa shape index (κ3) is 4.83. The quantitative estimate of drug-likeness (QED) is 0.278. The van der Waals surface area contributed by atoms with Gasteiger partial charge in [0.05, 0.1) is 28.8 Å². The molecule has 5 nitrogen and oxygen atoms in total. The standard InChI is InChI=1S/C21H13ClF3N3O2S/c22-12-7-8-16(14(10-12)21(23,24)25)26-18(29)11-31-20-13-4-1-2-5-15(13)27-19(28-20)17-6-3-9-30-17/h1-10H,11H2,(H,26,29). The topological polar surface area (TPSA) is 68.0 Å². The number of furan rings is 1. The molecular formula is C21H13ClF3N3O2S. The van der Waals surface area contributed by atoms with Crippen LogP contribution in [-0.2, 0) is 11.0 Å². The van der Waals surface area contributed by atoms with Gasteiger partial charge in [0.2, 0.25) is 5.91 Å². The Kier molecular flexibility index (Phi) is 5.88. The van der Waals surface area contributed by atoms with Crippen LogP contribution in [0.1, 0.15) is 5.56 Å². The first-order valence-electron chi connectivity index (χ1n) is 8.91. The van der Waals surface area contributed by atoms with E-state index in [1.807, 2.05) is 18.2 Å². The Balaban J connectivity index is 1.57. The van der Waals surface area contributed by atoms with Crippen LogP contribution in [0.2, 0.25) is 5.02 Å². The third-order valence-electron chi connectivity index (χ3n) is 4.21. The van der Waals surface area contributed by atoms with Gasteiger partial charge in [0.15, 0.2) is 11.6 Å². The zero-order chi connectivity index (χ0) is 22.0. The van der Waals surface area contributed by atoms with Gasteiger partial charge in [-0.25, -0.2) is 9.97 Å². The number of carbonyl (C=O) groups excluding carboxylic acids is 1. The maximum Gasteiger partial charge on any atom is 0.418 e. The van der Waals surface area contributed by atoms with Crippen molar-refractivity contribution in [1.29, 1.82) is 0 Å². The van der Waals surface area contributed by atoms with Crippen LogP contribution in [0.25, 0.3) is 22.5 Å². The number of aromatic nitrogens is 2. The summed E-state index contributed by atoms with van der Waals surface area (Å²) in [5, 5.41) is 3.47. The van der Waals surface area contributed by atoms with Gasteiger partial charge in [-0.15, -0.1) is 0 Å². The number of halogens is 4. The number of thioether (sulfide) groups is 1. The fourth-order valence-corrected chi connectivity index (χ4v) is 3.84. The van der Waals surface area contributed by atoms with Crippen molar-refractivity contribution in [2.75, 3.05) is 11.1 Å². The van der Waals surface area contributed by atoms with E-state index in [0.29, 0.717) is 22.1 Å². The minimum atomic E-state index is -4.65. The van der Waals surface area contributed by atoms with Crippen LogP contribution in [-0.4, -0.2) is 21.6 Å². The number of rotatable bonds is 5. The van der Waals surface area contributed by atoms with E-state index >= 15 is 0 Å². The van der Waals surface area contributed by atoms with E-state index in [1.54, 1.807) is 18.2 Å². The SMILES string of the molecule is O=C(CSc1nc(-c2ccco2)nc2ccccc12)Nc1ccc(Cl)cc1C(F)(F)F. The smallest absolute Gasteiger partial charge is 0.418 e. The van der Waals surface area contributed by atoms with Gasteiger partial charge in [0.1, 0.15) is 5.03 Å². The number of hydrogen-bond donors (Lipinski definition) is 1. The molecule has 0 spiro atoms. The molecule has 1 N–H and O–H groups in total. The van der Waals surface area contributed by atoms with Crippen molar-refractivity contribution < 1.29 is 22.4 Å². The average molecular weight is 464 g/mol. The summed E-state index contributed by atoms with van der Waals surface area (Å²) in [6.45, 7) is 0. The van der Waals surface area contributed by atoms with Gasteiger partial charge in [-0.2, -0.15) is 13.2 Å². The Labute approximate surface area is 183 Å². The summed E-state index contributed by atoms with van der Waals surface area (Å²) in [6, 6.07) is 13.9. The summed E-state index contributed by atoms with van der Waals surface area (Å²) in [5.41, 5.74) is -0.707. The highest BCUT2D eigenvalue weighted by Gasteiger charge is 2.34. The number of fused-ring (bicyclic) bond motifs is 1. The van der Waals surface area contributed by atoms with Crippen LogP contribution in [0.3, 0.4) is 0 Å². The second-order valence-electron chi connectivity index (χ2n) is 6.37. The van der Waals surface area contributed by atoms with Gasteiger partial charge in [-0.3, -0.25) is 4.79 Å². The molecule has 0 bridgehead atoms. The van der Waals surface area contributed by atoms with Crippen LogP contribution in [0.5, 0.6) is 0 Å². The first-order chi connectivity index (χ1) is 14.8. The molecule has 1 amide bonds. The fourth-order valence-electron chi connectivity index (χ4n) is 2.85. The van der Waals surface area contributed by atoms with Crippen LogP contribution in [0, 0.1) is 0 Å². The zero-order valence-electron chi connectivity index (χ0n) is 15.6. The van der Waals surface area contributed by atoms with E-state index < -0.39 is 17.6 Å². The van der Waals surface area contributed by atoms with Crippen molar-refractivity contribution in [2.45, 2.75) is 11.2 Å². The number of nitrogens with one attached hydrogen (secondary N) is 1. The molecule has 0 radical (unpaired) electrons. The van der Waals surface area contributed by atoms with Gasteiger partial charge in [0.25, 0.3) is 0 Å². The van der Waals surface area contributed by atoms with E-state index in [2.05, 4.69) is 15.3 Å². The molecule has 0 unspecified atom stereocenters. The van der Waals surface area contributed by atoms with E-state index in [-0.39, 0.29) is 16.5 Å². The first-order valence-corrected chi connectivity index (χ1v) is 10.3. The van der Waals surface area contributed by atoms with E-state index in [4.69, 9.17) is 16.0 Å². The van der Waals surface area contributed by atoms with Gasteiger partial charge in [0, 0.05) is 10.4 Å². The van der Waals surface area contributed by atoms with Crippen molar-refractivity contribution in [3.63, 3.8) is 0 Å². The molecule has 0 fully saturated rings.